The predicted molar refractivity (Wildman–Crippen MR) is 223 cm³/mol. The number of para-hydroxylation sites is 4. The van der Waals surface area contributed by atoms with Crippen molar-refractivity contribution in [2.24, 2.45) is 0 Å². The fourth-order valence-electron chi connectivity index (χ4n) is 8.70. The summed E-state index contributed by atoms with van der Waals surface area (Å²) in [5.41, 5.74) is 9.53. The highest BCUT2D eigenvalue weighted by Crippen LogP contribution is 2.54. The number of rotatable bonds is 4. The molecule has 0 aliphatic heterocycles. The maximum Gasteiger partial charge on any atom is 0.208 e. The van der Waals surface area contributed by atoms with E-state index in [4.69, 9.17) is 0 Å². The third-order valence-corrected chi connectivity index (χ3v) is 11.2. The van der Waals surface area contributed by atoms with Crippen molar-refractivity contribution in [1.82, 2.24) is 13.7 Å². The first kappa shape index (κ1) is 31.7. The number of nitrogens with zero attached hydrogens (tertiary/aromatic N) is 3. The highest BCUT2D eigenvalue weighted by Gasteiger charge is 2.27. The lowest BCUT2D eigenvalue weighted by Crippen LogP contribution is -1.98. The summed E-state index contributed by atoms with van der Waals surface area (Å²) in [6.07, 6.45) is 0. The Morgan fingerprint density at radius 1 is 0.286 bits per heavy atom. The minimum absolute atomic E-state index is 0.244. The topological polar surface area (TPSA) is 116 Å². The van der Waals surface area contributed by atoms with Gasteiger partial charge in [0.05, 0.1) is 33.1 Å². The minimum atomic E-state index is -1.00. The molecule has 56 heavy (non-hydrogen) atoms. The molecule has 3 aromatic heterocycles. The van der Waals surface area contributed by atoms with Crippen molar-refractivity contribution in [2.75, 3.05) is 0 Å². The van der Waals surface area contributed by atoms with Crippen LogP contribution in [0.2, 0.25) is 0 Å². The largest absolute Gasteiger partial charge is 0.503 e. The lowest BCUT2D eigenvalue weighted by Gasteiger charge is -2.15. The van der Waals surface area contributed by atoms with E-state index in [1.165, 1.54) is 10.8 Å². The van der Waals surface area contributed by atoms with Crippen LogP contribution in [0.15, 0.2) is 158 Å². The monoisotopic (exact) mass is 729 g/mol. The summed E-state index contributed by atoms with van der Waals surface area (Å²) in [4.78, 5) is 0. The Labute approximate surface area is 318 Å². The highest BCUT2D eigenvalue weighted by molar-refractivity contribution is 6.24. The van der Waals surface area contributed by atoms with Gasteiger partial charge >= 0.3 is 0 Å². The van der Waals surface area contributed by atoms with Gasteiger partial charge in [0.25, 0.3) is 0 Å². The zero-order valence-corrected chi connectivity index (χ0v) is 29.6. The molecule has 8 heteroatoms. The molecule has 0 saturated heterocycles. The summed E-state index contributed by atoms with van der Waals surface area (Å²) in [7, 11) is 0. The summed E-state index contributed by atoms with van der Waals surface area (Å²) in [6, 6.07) is 54.0. The van der Waals surface area contributed by atoms with Gasteiger partial charge in [-0.1, -0.05) is 97.1 Å². The van der Waals surface area contributed by atoms with Crippen molar-refractivity contribution < 1.29 is 25.5 Å². The van der Waals surface area contributed by atoms with Crippen LogP contribution in [0, 0.1) is 0 Å². The Morgan fingerprint density at radius 3 is 1.20 bits per heavy atom. The van der Waals surface area contributed by atoms with Gasteiger partial charge in [0.15, 0.2) is 11.5 Å². The van der Waals surface area contributed by atoms with E-state index in [2.05, 4.69) is 118 Å². The standard InChI is InChI=1S/C48H31N3O5/c52-44-43(45(53)47(55)48(56)46(44)54)51-38-18-10-8-16-32(38)35-25-27(20-24-40(35)51)28-19-23-39-36(26-28)34-22-21-33-31-15-7-9-17-37(31)49(29-11-3-1-4-12-29)41(33)42(34)50(39)30-13-5-2-6-14-30/h1-26,52-56H. The normalized spacial score (nSPS) is 11.9. The van der Waals surface area contributed by atoms with Crippen LogP contribution in [0.1, 0.15) is 0 Å². The molecule has 8 aromatic carbocycles. The Hall–Kier alpha value is -7.84. The number of hydrogen-bond donors (Lipinski definition) is 5. The molecule has 0 amide bonds. The van der Waals surface area contributed by atoms with Gasteiger partial charge in [-0.15, -0.1) is 0 Å². The van der Waals surface area contributed by atoms with Crippen LogP contribution in [0.5, 0.6) is 28.7 Å². The fourth-order valence-corrected chi connectivity index (χ4v) is 8.70. The number of fused-ring (bicyclic) bond motifs is 10. The van der Waals surface area contributed by atoms with Crippen LogP contribution >= 0.6 is 0 Å². The molecule has 268 valence electrons. The summed E-state index contributed by atoms with van der Waals surface area (Å²) in [6.45, 7) is 0. The van der Waals surface area contributed by atoms with Crippen molar-refractivity contribution in [2.45, 2.75) is 0 Å². The molecular weight excluding hydrogens is 699 g/mol. The van der Waals surface area contributed by atoms with Crippen LogP contribution in [0.3, 0.4) is 0 Å². The van der Waals surface area contributed by atoms with Crippen molar-refractivity contribution >= 4 is 65.4 Å². The Kier molecular flexibility index (Phi) is 6.55. The van der Waals surface area contributed by atoms with Gasteiger partial charge in [0.1, 0.15) is 5.69 Å². The number of phenolic OH excluding ortho intramolecular Hbond substituents is 5. The van der Waals surface area contributed by atoms with Crippen molar-refractivity contribution in [3.8, 4) is 56.9 Å². The molecule has 0 bridgehead atoms. The molecule has 0 aliphatic carbocycles. The van der Waals surface area contributed by atoms with Crippen LogP contribution < -0.4 is 0 Å². The molecule has 0 fully saturated rings. The first-order valence-electron chi connectivity index (χ1n) is 18.2. The summed E-state index contributed by atoms with van der Waals surface area (Å²) in [5, 5.41) is 59.1. The molecule has 5 N–H and O–H groups in total. The van der Waals surface area contributed by atoms with Gasteiger partial charge in [-0.3, -0.25) is 0 Å². The average Bonchev–Trinajstić information content (AvgIpc) is 3.88. The van der Waals surface area contributed by atoms with E-state index < -0.39 is 28.7 Å². The zero-order valence-electron chi connectivity index (χ0n) is 29.6. The summed E-state index contributed by atoms with van der Waals surface area (Å²) in [5.74, 6) is -4.38. The Bertz CT molecular complexity index is 3390. The molecule has 8 nitrogen and oxygen atoms in total. The van der Waals surface area contributed by atoms with Crippen LogP contribution in [0.25, 0.3) is 93.6 Å². The molecule has 0 atom stereocenters. The number of hydrogen-bond acceptors (Lipinski definition) is 5. The second-order valence-electron chi connectivity index (χ2n) is 14.1. The number of aromatic nitrogens is 3. The third kappa shape index (κ3) is 4.23. The summed E-state index contributed by atoms with van der Waals surface area (Å²) >= 11 is 0. The molecule has 0 saturated carbocycles. The SMILES string of the molecule is Oc1c(O)c(O)c(-n2c3ccccc3c3cc(-c4ccc5c(c4)c4ccc6c7ccccc7n(-c7ccccc7)c6c4n5-c4ccccc4)ccc32)c(O)c1O. The number of aromatic hydroxyl groups is 5. The maximum atomic E-state index is 11.0. The molecule has 0 unspecified atom stereocenters. The van der Waals surface area contributed by atoms with Gasteiger partial charge in [0.2, 0.25) is 17.2 Å². The molecule has 0 spiro atoms. The molecule has 0 aliphatic rings. The van der Waals surface area contributed by atoms with Gasteiger partial charge in [-0.2, -0.15) is 0 Å². The molecule has 11 aromatic rings. The first-order valence-corrected chi connectivity index (χ1v) is 18.2. The van der Waals surface area contributed by atoms with Crippen molar-refractivity contribution in [3.05, 3.63) is 158 Å². The zero-order chi connectivity index (χ0) is 37.8. The second-order valence-corrected chi connectivity index (χ2v) is 14.1. The molecular formula is C48H31N3O5. The van der Waals surface area contributed by atoms with Crippen molar-refractivity contribution in [1.29, 1.82) is 0 Å². The van der Waals surface area contributed by atoms with Gasteiger partial charge in [-0.25, -0.2) is 0 Å². The first-order chi connectivity index (χ1) is 27.4. The van der Waals surface area contributed by atoms with E-state index in [1.807, 2.05) is 48.5 Å². The highest BCUT2D eigenvalue weighted by atomic mass is 16.4. The lowest BCUT2D eigenvalue weighted by molar-refractivity contribution is 0.327. The minimum Gasteiger partial charge on any atom is -0.503 e. The molecule has 0 radical (unpaired) electrons. The van der Waals surface area contributed by atoms with E-state index in [9.17, 15) is 25.5 Å². The van der Waals surface area contributed by atoms with E-state index >= 15 is 0 Å². The van der Waals surface area contributed by atoms with Crippen LogP contribution in [-0.4, -0.2) is 39.2 Å². The fraction of sp³-hybridized carbons (Fsp3) is 0. The third-order valence-electron chi connectivity index (χ3n) is 11.2. The smallest absolute Gasteiger partial charge is 0.208 e. The average molecular weight is 730 g/mol. The predicted octanol–water partition coefficient (Wildman–Crippen LogP) is 11.2. The molecule has 3 heterocycles. The molecule has 11 rings (SSSR count). The van der Waals surface area contributed by atoms with E-state index in [1.54, 1.807) is 4.57 Å². The number of benzene rings is 8. The van der Waals surface area contributed by atoms with Gasteiger partial charge < -0.3 is 39.2 Å². The Balaban J connectivity index is 1.20. The van der Waals surface area contributed by atoms with E-state index in [-0.39, 0.29) is 5.69 Å². The summed E-state index contributed by atoms with van der Waals surface area (Å²) < 4.78 is 6.32. The van der Waals surface area contributed by atoms with Crippen LogP contribution in [0.4, 0.5) is 0 Å². The van der Waals surface area contributed by atoms with Gasteiger partial charge in [-0.05, 0) is 71.8 Å². The van der Waals surface area contributed by atoms with Gasteiger partial charge in [0, 0.05) is 43.7 Å². The van der Waals surface area contributed by atoms with E-state index in [0.717, 1.165) is 66.1 Å². The lowest BCUT2D eigenvalue weighted by atomic mass is 10.0. The quantitative estimate of drug-likeness (QED) is 0.0913. The second kappa shape index (κ2) is 11.6. The van der Waals surface area contributed by atoms with E-state index in [0.29, 0.717) is 11.0 Å². The Morgan fingerprint density at radius 2 is 0.661 bits per heavy atom. The number of phenols is 5. The maximum absolute atomic E-state index is 11.0. The van der Waals surface area contributed by atoms with Crippen LogP contribution in [-0.2, 0) is 0 Å². The van der Waals surface area contributed by atoms with Crippen molar-refractivity contribution in [3.63, 3.8) is 0 Å².